The van der Waals surface area contributed by atoms with Gasteiger partial charge in [-0.1, -0.05) is 6.07 Å². The Hall–Kier alpha value is -1.26. The minimum absolute atomic E-state index is 0. The van der Waals surface area contributed by atoms with Crippen molar-refractivity contribution in [3.63, 3.8) is 0 Å². The summed E-state index contributed by atoms with van der Waals surface area (Å²) in [6, 6.07) is 6.17. The summed E-state index contributed by atoms with van der Waals surface area (Å²) in [5.41, 5.74) is 1.22. The maximum atomic E-state index is 5.72. The molecule has 1 aliphatic rings. The second-order valence-corrected chi connectivity index (χ2v) is 7.25. The van der Waals surface area contributed by atoms with Crippen molar-refractivity contribution in [3.05, 3.63) is 23.8 Å². The number of halogens is 1. The highest BCUT2D eigenvalue weighted by molar-refractivity contribution is 14.0. The average molecular weight is 549 g/mol. The van der Waals surface area contributed by atoms with Crippen molar-refractivity contribution in [2.75, 3.05) is 65.7 Å². The fraction of sp³-hybridized carbons (Fsp3) is 0.696. The van der Waals surface area contributed by atoms with E-state index in [0.29, 0.717) is 13.2 Å². The van der Waals surface area contributed by atoms with Gasteiger partial charge in [-0.05, 0) is 64.3 Å². The number of rotatable bonds is 13. The van der Waals surface area contributed by atoms with Crippen molar-refractivity contribution in [1.29, 1.82) is 0 Å². The summed E-state index contributed by atoms with van der Waals surface area (Å²) in [5, 5.41) is 6.77. The standard InChI is InChI=1S/C23H40N4O3.HI/c1-4-24-23(25-12-7-8-14-27-15-17-28-18-16-27)26-13-11-20-9-10-21(29-5-2)22(19-20)30-6-3;/h9-10,19H,4-8,11-18H2,1-3H3,(H2,24,25,26);1H. The zero-order valence-electron chi connectivity index (χ0n) is 19.5. The molecule has 0 radical (unpaired) electrons. The lowest BCUT2D eigenvalue weighted by Gasteiger charge is -2.26. The Morgan fingerprint density at radius 1 is 1.03 bits per heavy atom. The van der Waals surface area contributed by atoms with Crippen LogP contribution in [-0.2, 0) is 11.2 Å². The number of benzene rings is 1. The smallest absolute Gasteiger partial charge is 0.191 e. The van der Waals surface area contributed by atoms with Gasteiger partial charge in [0.25, 0.3) is 0 Å². The molecule has 1 aliphatic heterocycles. The molecular formula is C23H41IN4O3. The van der Waals surface area contributed by atoms with Gasteiger partial charge in [0.15, 0.2) is 17.5 Å². The predicted molar refractivity (Wildman–Crippen MR) is 138 cm³/mol. The molecule has 7 nitrogen and oxygen atoms in total. The molecule has 1 heterocycles. The highest BCUT2D eigenvalue weighted by Gasteiger charge is 2.09. The zero-order valence-corrected chi connectivity index (χ0v) is 21.8. The topological polar surface area (TPSA) is 67.4 Å². The van der Waals surface area contributed by atoms with E-state index in [1.54, 1.807) is 0 Å². The molecule has 31 heavy (non-hydrogen) atoms. The lowest BCUT2D eigenvalue weighted by molar-refractivity contribution is 0.0373. The zero-order chi connectivity index (χ0) is 21.4. The number of hydrogen-bond donors (Lipinski definition) is 2. The first kappa shape index (κ1) is 27.8. The summed E-state index contributed by atoms with van der Waals surface area (Å²) in [6.07, 6.45) is 3.17. The van der Waals surface area contributed by atoms with Crippen molar-refractivity contribution < 1.29 is 14.2 Å². The van der Waals surface area contributed by atoms with Crippen LogP contribution in [0.15, 0.2) is 23.2 Å². The van der Waals surface area contributed by atoms with E-state index in [4.69, 9.17) is 19.2 Å². The van der Waals surface area contributed by atoms with Gasteiger partial charge in [0.1, 0.15) is 0 Å². The van der Waals surface area contributed by atoms with E-state index in [1.807, 2.05) is 19.9 Å². The third-order valence-corrected chi connectivity index (χ3v) is 4.91. The molecule has 8 heteroatoms. The predicted octanol–water partition coefficient (Wildman–Crippen LogP) is 3.31. The minimum atomic E-state index is 0. The number of hydrogen-bond acceptors (Lipinski definition) is 5. The van der Waals surface area contributed by atoms with E-state index in [-0.39, 0.29) is 24.0 Å². The van der Waals surface area contributed by atoms with Crippen LogP contribution in [0.3, 0.4) is 0 Å². The Bertz CT molecular complexity index is 625. The molecule has 0 saturated carbocycles. The molecule has 2 N–H and O–H groups in total. The first-order valence-corrected chi connectivity index (χ1v) is 11.5. The van der Waals surface area contributed by atoms with Crippen LogP contribution in [0.2, 0.25) is 0 Å². The Labute approximate surface area is 205 Å². The third-order valence-electron chi connectivity index (χ3n) is 4.91. The molecule has 0 amide bonds. The van der Waals surface area contributed by atoms with Crippen LogP contribution in [-0.4, -0.2) is 76.6 Å². The first-order valence-electron chi connectivity index (χ1n) is 11.5. The summed E-state index contributed by atoms with van der Waals surface area (Å²) >= 11 is 0. The van der Waals surface area contributed by atoms with Crippen LogP contribution in [0.5, 0.6) is 11.5 Å². The molecular weight excluding hydrogens is 507 g/mol. The van der Waals surface area contributed by atoms with E-state index < -0.39 is 0 Å². The molecule has 1 aromatic rings. The van der Waals surface area contributed by atoms with Gasteiger partial charge < -0.3 is 24.8 Å². The number of guanidine groups is 1. The fourth-order valence-corrected chi connectivity index (χ4v) is 3.38. The minimum Gasteiger partial charge on any atom is -0.490 e. The average Bonchev–Trinajstić information content (AvgIpc) is 2.76. The molecule has 2 rings (SSSR count). The lowest BCUT2D eigenvalue weighted by Crippen LogP contribution is -2.38. The fourth-order valence-electron chi connectivity index (χ4n) is 3.38. The van der Waals surface area contributed by atoms with E-state index in [0.717, 1.165) is 82.8 Å². The summed E-state index contributed by atoms with van der Waals surface area (Å²) in [4.78, 5) is 7.20. The number of nitrogens with one attached hydrogen (secondary N) is 2. The van der Waals surface area contributed by atoms with Crippen molar-refractivity contribution in [2.24, 2.45) is 4.99 Å². The van der Waals surface area contributed by atoms with E-state index in [2.05, 4.69) is 34.6 Å². The number of nitrogens with zero attached hydrogens (tertiary/aromatic N) is 2. The van der Waals surface area contributed by atoms with Gasteiger partial charge in [-0.15, -0.1) is 24.0 Å². The Morgan fingerprint density at radius 3 is 2.48 bits per heavy atom. The van der Waals surface area contributed by atoms with Crippen LogP contribution in [0.25, 0.3) is 0 Å². The lowest BCUT2D eigenvalue weighted by atomic mass is 10.1. The highest BCUT2D eigenvalue weighted by atomic mass is 127. The summed E-state index contributed by atoms with van der Waals surface area (Å²) < 4.78 is 16.8. The molecule has 178 valence electrons. The molecule has 0 spiro atoms. The van der Waals surface area contributed by atoms with E-state index in [9.17, 15) is 0 Å². The number of morpholine rings is 1. The van der Waals surface area contributed by atoms with Gasteiger partial charge in [-0.2, -0.15) is 0 Å². The summed E-state index contributed by atoms with van der Waals surface area (Å²) in [7, 11) is 0. The molecule has 0 bridgehead atoms. The second kappa shape index (κ2) is 17.3. The van der Waals surface area contributed by atoms with Crippen molar-refractivity contribution in [3.8, 4) is 11.5 Å². The molecule has 0 atom stereocenters. The maximum Gasteiger partial charge on any atom is 0.191 e. The molecule has 1 fully saturated rings. The third kappa shape index (κ3) is 11.2. The van der Waals surface area contributed by atoms with E-state index >= 15 is 0 Å². The van der Waals surface area contributed by atoms with Crippen molar-refractivity contribution in [1.82, 2.24) is 15.5 Å². The molecule has 0 aliphatic carbocycles. The van der Waals surface area contributed by atoms with Crippen LogP contribution in [0.4, 0.5) is 0 Å². The van der Waals surface area contributed by atoms with Crippen LogP contribution in [0, 0.1) is 0 Å². The Morgan fingerprint density at radius 2 is 1.77 bits per heavy atom. The summed E-state index contributed by atoms with van der Waals surface area (Å²) in [5.74, 6) is 2.51. The van der Waals surface area contributed by atoms with Gasteiger partial charge in [0, 0.05) is 32.7 Å². The van der Waals surface area contributed by atoms with Gasteiger partial charge in [-0.3, -0.25) is 9.89 Å². The first-order chi connectivity index (χ1) is 14.8. The van der Waals surface area contributed by atoms with Gasteiger partial charge in [0.05, 0.1) is 26.4 Å². The SMILES string of the molecule is CCNC(=NCCCCN1CCOCC1)NCCc1ccc(OCC)c(OCC)c1.I. The van der Waals surface area contributed by atoms with Crippen LogP contribution in [0.1, 0.15) is 39.2 Å². The summed E-state index contributed by atoms with van der Waals surface area (Å²) in [6.45, 7) is 14.9. The maximum absolute atomic E-state index is 5.72. The van der Waals surface area contributed by atoms with Gasteiger partial charge >= 0.3 is 0 Å². The largest absolute Gasteiger partial charge is 0.490 e. The molecule has 1 saturated heterocycles. The van der Waals surface area contributed by atoms with Crippen molar-refractivity contribution >= 4 is 29.9 Å². The van der Waals surface area contributed by atoms with Crippen LogP contribution >= 0.6 is 24.0 Å². The molecule has 0 aromatic heterocycles. The quantitative estimate of drug-likeness (QED) is 0.171. The Balaban J connectivity index is 0.00000480. The molecule has 0 unspecified atom stereocenters. The van der Waals surface area contributed by atoms with Crippen molar-refractivity contribution in [2.45, 2.75) is 40.0 Å². The Kier molecular flexibility index (Phi) is 15.5. The van der Waals surface area contributed by atoms with Gasteiger partial charge in [0.2, 0.25) is 0 Å². The number of unbranched alkanes of at least 4 members (excludes halogenated alkanes) is 1. The number of ether oxygens (including phenoxy) is 3. The molecule has 1 aromatic carbocycles. The number of aliphatic imine (C=N–C) groups is 1. The normalized spacial score (nSPS) is 14.6. The van der Waals surface area contributed by atoms with E-state index in [1.165, 1.54) is 12.0 Å². The monoisotopic (exact) mass is 548 g/mol. The second-order valence-electron chi connectivity index (χ2n) is 7.25. The highest BCUT2D eigenvalue weighted by Crippen LogP contribution is 2.28. The van der Waals surface area contributed by atoms with Gasteiger partial charge in [-0.25, -0.2) is 0 Å². The van der Waals surface area contributed by atoms with Crippen LogP contribution < -0.4 is 20.1 Å².